The van der Waals surface area contributed by atoms with Crippen molar-refractivity contribution in [3.63, 3.8) is 0 Å². The zero-order chi connectivity index (χ0) is 15.0. The van der Waals surface area contributed by atoms with Gasteiger partial charge < -0.3 is 14.8 Å². The molecule has 1 atom stereocenters. The predicted octanol–water partition coefficient (Wildman–Crippen LogP) is 2.83. The highest BCUT2D eigenvalue weighted by atomic mass is 19.1. The Bertz CT molecular complexity index is 437. The van der Waals surface area contributed by atoms with E-state index in [1.54, 1.807) is 6.07 Å². The second-order valence-corrected chi connectivity index (χ2v) is 4.53. The number of carbonyl (C=O) groups excluding carboxylic acids is 1. The van der Waals surface area contributed by atoms with E-state index in [1.165, 1.54) is 19.2 Å². The maximum Gasteiger partial charge on any atom is 0.308 e. The van der Waals surface area contributed by atoms with E-state index in [4.69, 9.17) is 4.74 Å². The van der Waals surface area contributed by atoms with E-state index in [2.05, 4.69) is 17.0 Å². The van der Waals surface area contributed by atoms with Crippen molar-refractivity contribution in [3.05, 3.63) is 29.6 Å². The van der Waals surface area contributed by atoms with Crippen molar-refractivity contribution < 1.29 is 18.7 Å². The minimum Gasteiger partial charge on any atom is -0.493 e. The molecule has 0 saturated heterocycles. The average Bonchev–Trinajstić information content (AvgIpc) is 2.44. The second kappa shape index (κ2) is 8.53. The first-order valence-corrected chi connectivity index (χ1v) is 6.81. The molecule has 0 fully saturated rings. The number of benzene rings is 1. The molecular weight excluding hydrogens is 261 g/mol. The highest BCUT2D eigenvalue weighted by Gasteiger charge is 2.13. The topological polar surface area (TPSA) is 47.6 Å². The average molecular weight is 283 g/mol. The number of esters is 1. The molecule has 1 unspecified atom stereocenters. The lowest BCUT2D eigenvalue weighted by molar-refractivity contribution is -0.141. The maximum absolute atomic E-state index is 13.3. The molecule has 1 rings (SSSR count). The molecule has 0 aliphatic carbocycles. The minimum atomic E-state index is -0.357. The number of rotatable bonds is 8. The molecule has 0 aromatic heterocycles. The fourth-order valence-corrected chi connectivity index (χ4v) is 1.81. The van der Waals surface area contributed by atoms with Gasteiger partial charge in [0.15, 0.2) is 0 Å². The van der Waals surface area contributed by atoms with Crippen LogP contribution in [-0.2, 0) is 9.53 Å². The van der Waals surface area contributed by atoms with E-state index < -0.39 is 0 Å². The van der Waals surface area contributed by atoms with Gasteiger partial charge in [-0.1, -0.05) is 13.0 Å². The molecule has 0 bridgehead atoms. The summed E-state index contributed by atoms with van der Waals surface area (Å²) in [6.45, 7) is 5.12. The van der Waals surface area contributed by atoms with Crippen LogP contribution >= 0.6 is 0 Å². The molecule has 1 aromatic carbocycles. The molecule has 0 amide bonds. The molecule has 0 heterocycles. The van der Waals surface area contributed by atoms with Crippen molar-refractivity contribution in [2.24, 2.45) is 0 Å². The number of halogens is 1. The smallest absolute Gasteiger partial charge is 0.308 e. The van der Waals surface area contributed by atoms with Crippen LogP contribution in [0.5, 0.6) is 5.75 Å². The summed E-state index contributed by atoms with van der Waals surface area (Å²) in [5, 5.41) is 3.32. The van der Waals surface area contributed by atoms with Crippen LogP contribution in [0, 0.1) is 5.82 Å². The lowest BCUT2D eigenvalue weighted by atomic mass is 10.1. The van der Waals surface area contributed by atoms with Crippen LogP contribution in [0.2, 0.25) is 0 Å². The first-order chi connectivity index (χ1) is 9.58. The van der Waals surface area contributed by atoms with Crippen molar-refractivity contribution >= 4 is 5.97 Å². The van der Waals surface area contributed by atoms with Crippen LogP contribution in [-0.4, -0.2) is 26.2 Å². The summed E-state index contributed by atoms with van der Waals surface area (Å²) in [7, 11) is 1.33. The number of methoxy groups -OCH3 is 1. The summed E-state index contributed by atoms with van der Waals surface area (Å²) in [5.74, 6) is -0.241. The fourth-order valence-electron chi connectivity index (χ4n) is 1.81. The Morgan fingerprint density at radius 3 is 2.85 bits per heavy atom. The van der Waals surface area contributed by atoms with Gasteiger partial charge in [-0.2, -0.15) is 0 Å². The van der Waals surface area contributed by atoms with Gasteiger partial charge in [-0.3, -0.25) is 4.79 Å². The Labute approximate surface area is 119 Å². The van der Waals surface area contributed by atoms with Crippen LogP contribution in [0.1, 0.15) is 38.3 Å². The van der Waals surface area contributed by atoms with Crippen LogP contribution in [0.3, 0.4) is 0 Å². The summed E-state index contributed by atoms with van der Waals surface area (Å²) in [6.07, 6.45) is 1.16. The third-order valence-electron chi connectivity index (χ3n) is 2.93. The maximum atomic E-state index is 13.3. The minimum absolute atomic E-state index is 0.0590. The van der Waals surface area contributed by atoms with E-state index >= 15 is 0 Å². The second-order valence-electron chi connectivity index (χ2n) is 4.53. The van der Waals surface area contributed by atoms with Crippen LogP contribution in [0.15, 0.2) is 18.2 Å². The van der Waals surface area contributed by atoms with Crippen molar-refractivity contribution in [3.8, 4) is 5.75 Å². The molecule has 4 nitrogen and oxygen atoms in total. The summed E-state index contributed by atoms with van der Waals surface area (Å²) in [4.78, 5) is 11.0. The van der Waals surface area contributed by atoms with Gasteiger partial charge in [0.1, 0.15) is 11.6 Å². The van der Waals surface area contributed by atoms with Crippen LogP contribution < -0.4 is 10.1 Å². The van der Waals surface area contributed by atoms with Gasteiger partial charge >= 0.3 is 5.97 Å². The summed E-state index contributed by atoms with van der Waals surface area (Å²) >= 11 is 0. The summed E-state index contributed by atoms with van der Waals surface area (Å²) < 4.78 is 23.4. The molecule has 112 valence electrons. The molecule has 1 aromatic rings. The van der Waals surface area contributed by atoms with Crippen molar-refractivity contribution in [2.75, 3.05) is 20.3 Å². The molecule has 0 aliphatic heterocycles. The van der Waals surface area contributed by atoms with Gasteiger partial charge in [0.25, 0.3) is 0 Å². The molecule has 0 spiro atoms. The molecule has 20 heavy (non-hydrogen) atoms. The first kappa shape index (κ1) is 16.4. The van der Waals surface area contributed by atoms with Gasteiger partial charge in [-0.15, -0.1) is 0 Å². The number of hydrogen-bond acceptors (Lipinski definition) is 4. The van der Waals surface area contributed by atoms with Gasteiger partial charge in [0.05, 0.1) is 20.1 Å². The van der Waals surface area contributed by atoms with E-state index in [0.717, 1.165) is 18.5 Å². The molecule has 5 heteroatoms. The third-order valence-corrected chi connectivity index (χ3v) is 2.93. The van der Waals surface area contributed by atoms with Gasteiger partial charge in [-0.05, 0) is 26.0 Å². The summed E-state index contributed by atoms with van der Waals surface area (Å²) in [6, 6.07) is 4.52. The first-order valence-electron chi connectivity index (χ1n) is 6.81. The fraction of sp³-hybridized carbons (Fsp3) is 0.533. The molecular formula is C15H22FNO3. The van der Waals surface area contributed by atoms with Gasteiger partial charge in [-0.25, -0.2) is 4.39 Å². The lowest BCUT2D eigenvalue weighted by Gasteiger charge is -2.18. The Morgan fingerprint density at radius 1 is 1.45 bits per heavy atom. The monoisotopic (exact) mass is 283 g/mol. The van der Waals surface area contributed by atoms with Crippen molar-refractivity contribution in [1.29, 1.82) is 0 Å². The van der Waals surface area contributed by atoms with E-state index in [-0.39, 0.29) is 30.9 Å². The highest BCUT2D eigenvalue weighted by molar-refractivity contribution is 5.69. The van der Waals surface area contributed by atoms with Crippen molar-refractivity contribution in [1.82, 2.24) is 5.32 Å². The van der Waals surface area contributed by atoms with E-state index in [0.29, 0.717) is 5.75 Å². The number of ether oxygens (including phenoxy) is 2. The summed E-state index contributed by atoms with van der Waals surface area (Å²) in [5.41, 5.74) is 0.879. The molecule has 0 radical (unpaired) electrons. The predicted molar refractivity (Wildman–Crippen MR) is 75.2 cm³/mol. The van der Waals surface area contributed by atoms with Gasteiger partial charge in [0.2, 0.25) is 0 Å². The normalized spacial score (nSPS) is 12.0. The van der Waals surface area contributed by atoms with Gasteiger partial charge in [0, 0.05) is 17.7 Å². The molecule has 0 aliphatic rings. The SMILES string of the molecule is CCCNC(C)c1ccc(F)cc1OCCC(=O)OC. The quantitative estimate of drug-likeness (QED) is 0.745. The standard InChI is InChI=1S/C15H22FNO3/c1-4-8-17-11(2)13-6-5-12(16)10-14(13)20-9-7-15(18)19-3/h5-6,10-11,17H,4,7-9H2,1-3H3. The van der Waals surface area contributed by atoms with E-state index in [1.807, 2.05) is 6.92 Å². The van der Waals surface area contributed by atoms with Crippen molar-refractivity contribution in [2.45, 2.75) is 32.7 Å². The Morgan fingerprint density at radius 2 is 2.20 bits per heavy atom. The highest BCUT2D eigenvalue weighted by Crippen LogP contribution is 2.26. The molecule has 1 N–H and O–H groups in total. The largest absolute Gasteiger partial charge is 0.493 e. The molecule has 0 saturated carbocycles. The zero-order valence-corrected chi connectivity index (χ0v) is 12.2. The Hall–Kier alpha value is -1.62. The lowest BCUT2D eigenvalue weighted by Crippen LogP contribution is -2.20. The Kier molecular flexibility index (Phi) is 7.01. The van der Waals surface area contributed by atoms with Crippen LogP contribution in [0.4, 0.5) is 4.39 Å². The number of carbonyl (C=O) groups is 1. The number of nitrogens with one attached hydrogen (secondary N) is 1. The van der Waals surface area contributed by atoms with E-state index in [9.17, 15) is 9.18 Å². The van der Waals surface area contributed by atoms with Crippen LogP contribution in [0.25, 0.3) is 0 Å². The Balaban J connectivity index is 2.71. The third kappa shape index (κ3) is 5.17. The number of hydrogen-bond donors (Lipinski definition) is 1. The zero-order valence-electron chi connectivity index (χ0n) is 12.2.